The normalized spacial score (nSPS) is 17.2. The molecule has 0 aromatic heterocycles. The number of halogens is 1. The van der Waals surface area contributed by atoms with Gasteiger partial charge in [0.15, 0.2) is 0 Å². The molecule has 1 heterocycles. The standard InChI is InChI=1S/C18H15FN2OS2/c1-24-17(23)14-15(11-5-3-2-4-6-11)20-18(22)21-16(14)12-7-9-13(19)10-8-12/h2-10,16H,1H3,(H2,20,21,22). The molecule has 2 N–H and O–H groups in total. The minimum absolute atomic E-state index is 0.309. The van der Waals surface area contributed by atoms with Crippen molar-refractivity contribution in [2.45, 2.75) is 6.04 Å². The van der Waals surface area contributed by atoms with Gasteiger partial charge in [0.1, 0.15) is 5.82 Å². The molecule has 1 aliphatic heterocycles. The highest BCUT2D eigenvalue weighted by Crippen LogP contribution is 2.34. The molecule has 0 saturated heterocycles. The van der Waals surface area contributed by atoms with E-state index in [0.717, 1.165) is 16.7 Å². The molecule has 2 aromatic carbocycles. The van der Waals surface area contributed by atoms with Crippen LogP contribution in [-0.4, -0.2) is 16.5 Å². The fraction of sp³-hybridized carbons (Fsp3) is 0.111. The van der Waals surface area contributed by atoms with Gasteiger partial charge < -0.3 is 10.6 Å². The van der Waals surface area contributed by atoms with E-state index in [9.17, 15) is 9.18 Å². The van der Waals surface area contributed by atoms with Gasteiger partial charge in [-0.3, -0.25) is 0 Å². The smallest absolute Gasteiger partial charge is 0.320 e. The van der Waals surface area contributed by atoms with E-state index >= 15 is 0 Å². The number of thiocarbonyl (C=S) groups is 1. The Morgan fingerprint density at radius 1 is 1.12 bits per heavy atom. The third-order valence-electron chi connectivity index (χ3n) is 3.74. The van der Waals surface area contributed by atoms with Gasteiger partial charge in [0.25, 0.3) is 0 Å². The Balaban J connectivity index is 2.17. The van der Waals surface area contributed by atoms with Crippen molar-refractivity contribution in [3.63, 3.8) is 0 Å². The summed E-state index contributed by atoms with van der Waals surface area (Å²) >= 11 is 6.97. The van der Waals surface area contributed by atoms with E-state index in [1.165, 1.54) is 23.9 Å². The summed E-state index contributed by atoms with van der Waals surface area (Å²) in [5.74, 6) is -0.319. The lowest BCUT2D eigenvalue weighted by Gasteiger charge is -2.30. The molecule has 1 unspecified atom stereocenters. The first kappa shape index (κ1) is 16.7. The largest absolute Gasteiger partial charge is 0.327 e. The van der Waals surface area contributed by atoms with E-state index in [1.807, 2.05) is 36.6 Å². The van der Waals surface area contributed by atoms with E-state index in [1.54, 1.807) is 12.1 Å². The number of carbonyl (C=O) groups excluding carboxylic acids is 1. The van der Waals surface area contributed by atoms with E-state index in [2.05, 4.69) is 10.6 Å². The van der Waals surface area contributed by atoms with Crippen LogP contribution in [0.4, 0.5) is 9.18 Å². The molecule has 0 fully saturated rings. The van der Waals surface area contributed by atoms with Crippen LogP contribution < -0.4 is 10.6 Å². The second kappa shape index (κ2) is 7.15. The average Bonchev–Trinajstić information content (AvgIpc) is 2.61. The summed E-state index contributed by atoms with van der Waals surface area (Å²) in [5, 5.41) is 5.75. The Morgan fingerprint density at radius 2 is 1.79 bits per heavy atom. The fourth-order valence-corrected chi connectivity index (χ4v) is 3.29. The van der Waals surface area contributed by atoms with Crippen molar-refractivity contribution < 1.29 is 9.18 Å². The molecular weight excluding hydrogens is 343 g/mol. The summed E-state index contributed by atoms with van der Waals surface area (Å²) in [6.45, 7) is 0. The molecule has 0 bridgehead atoms. The van der Waals surface area contributed by atoms with E-state index in [0.29, 0.717) is 9.89 Å². The molecule has 24 heavy (non-hydrogen) atoms. The van der Waals surface area contributed by atoms with Crippen molar-refractivity contribution in [3.05, 3.63) is 77.1 Å². The summed E-state index contributed by atoms with van der Waals surface area (Å²) in [4.78, 5) is 12.2. The first-order valence-corrected chi connectivity index (χ1v) is 8.94. The van der Waals surface area contributed by atoms with Crippen molar-refractivity contribution in [2.75, 3.05) is 6.26 Å². The van der Waals surface area contributed by atoms with E-state index in [4.69, 9.17) is 12.2 Å². The average molecular weight is 358 g/mol. The number of nitrogens with one attached hydrogen (secondary N) is 2. The number of amides is 2. The highest BCUT2D eigenvalue weighted by Gasteiger charge is 2.31. The van der Waals surface area contributed by atoms with E-state index in [-0.39, 0.29) is 11.8 Å². The zero-order chi connectivity index (χ0) is 17.1. The molecule has 0 aliphatic carbocycles. The maximum Gasteiger partial charge on any atom is 0.320 e. The molecule has 1 atom stereocenters. The number of urea groups is 1. The van der Waals surface area contributed by atoms with Gasteiger partial charge >= 0.3 is 6.03 Å². The minimum Gasteiger partial charge on any atom is -0.327 e. The van der Waals surface area contributed by atoms with Crippen molar-refractivity contribution >= 4 is 39.9 Å². The second-order valence-electron chi connectivity index (χ2n) is 5.23. The minimum atomic E-state index is -0.422. The number of thioether (sulfide) groups is 1. The highest BCUT2D eigenvalue weighted by atomic mass is 32.2. The summed E-state index contributed by atoms with van der Waals surface area (Å²) in [6, 6.07) is 14.9. The molecule has 0 spiro atoms. The Morgan fingerprint density at radius 3 is 2.42 bits per heavy atom. The Hall–Kier alpha value is -2.18. The van der Waals surface area contributed by atoms with Crippen LogP contribution in [0.5, 0.6) is 0 Å². The zero-order valence-electron chi connectivity index (χ0n) is 12.9. The van der Waals surface area contributed by atoms with Gasteiger partial charge in [-0.2, -0.15) is 0 Å². The first-order valence-electron chi connectivity index (χ1n) is 7.31. The lowest BCUT2D eigenvalue weighted by atomic mass is 9.94. The van der Waals surface area contributed by atoms with Gasteiger partial charge in [0, 0.05) is 5.57 Å². The molecule has 0 saturated carbocycles. The van der Waals surface area contributed by atoms with Crippen LogP contribution in [0.3, 0.4) is 0 Å². The number of carbonyl (C=O) groups is 1. The molecule has 3 nitrogen and oxygen atoms in total. The van der Waals surface area contributed by atoms with Crippen molar-refractivity contribution in [1.82, 2.24) is 10.6 Å². The Labute approximate surface area is 149 Å². The van der Waals surface area contributed by atoms with Crippen LogP contribution >= 0.6 is 24.0 Å². The van der Waals surface area contributed by atoms with Gasteiger partial charge in [0.05, 0.1) is 15.9 Å². The van der Waals surface area contributed by atoms with Crippen LogP contribution in [-0.2, 0) is 0 Å². The number of hydrogen-bond acceptors (Lipinski definition) is 3. The molecule has 2 aromatic rings. The third kappa shape index (κ3) is 3.34. The quantitative estimate of drug-likeness (QED) is 0.805. The van der Waals surface area contributed by atoms with Gasteiger partial charge in [-0.05, 0) is 29.5 Å². The van der Waals surface area contributed by atoms with Gasteiger partial charge in [-0.25, -0.2) is 9.18 Å². The van der Waals surface area contributed by atoms with Crippen LogP contribution in [0.2, 0.25) is 0 Å². The summed E-state index contributed by atoms with van der Waals surface area (Å²) in [6.07, 6.45) is 1.90. The van der Waals surface area contributed by atoms with Crippen LogP contribution in [0.25, 0.3) is 5.70 Å². The van der Waals surface area contributed by atoms with Crippen LogP contribution in [0.15, 0.2) is 60.2 Å². The summed E-state index contributed by atoms with van der Waals surface area (Å²) in [7, 11) is 0. The predicted molar refractivity (Wildman–Crippen MR) is 100 cm³/mol. The Bertz CT molecular complexity index is 804. The van der Waals surface area contributed by atoms with Gasteiger partial charge in [-0.1, -0.05) is 54.7 Å². The first-order chi connectivity index (χ1) is 11.6. The van der Waals surface area contributed by atoms with Crippen LogP contribution in [0.1, 0.15) is 17.2 Å². The highest BCUT2D eigenvalue weighted by molar-refractivity contribution is 8.23. The maximum absolute atomic E-state index is 13.3. The van der Waals surface area contributed by atoms with Crippen LogP contribution in [0, 0.1) is 5.82 Å². The number of rotatable bonds is 3. The summed E-state index contributed by atoms with van der Waals surface area (Å²) < 4.78 is 13.9. The summed E-state index contributed by atoms with van der Waals surface area (Å²) in [5.41, 5.74) is 3.17. The molecule has 3 rings (SSSR count). The Kier molecular flexibility index (Phi) is 4.97. The lowest BCUT2D eigenvalue weighted by Crippen LogP contribution is -2.44. The second-order valence-corrected chi connectivity index (χ2v) is 6.71. The van der Waals surface area contributed by atoms with Gasteiger partial charge in [-0.15, -0.1) is 11.8 Å². The van der Waals surface area contributed by atoms with Crippen molar-refractivity contribution in [3.8, 4) is 0 Å². The topological polar surface area (TPSA) is 41.1 Å². The molecule has 122 valence electrons. The molecule has 2 amide bonds. The maximum atomic E-state index is 13.3. The van der Waals surface area contributed by atoms with E-state index < -0.39 is 6.04 Å². The molecule has 0 radical (unpaired) electrons. The monoisotopic (exact) mass is 358 g/mol. The fourth-order valence-electron chi connectivity index (χ4n) is 2.63. The zero-order valence-corrected chi connectivity index (χ0v) is 14.5. The van der Waals surface area contributed by atoms with Crippen molar-refractivity contribution in [2.24, 2.45) is 0 Å². The predicted octanol–water partition coefficient (Wildman–Crippen LogP) is 4.28. The lowest BCUT2D eigenvalue weighted by molar-refractivity contribution is 0.241. The van der Waals surface area contributed by atoms with Gasteiger partial charge in [0.2, 0.25) is 0 Å². The number of benzene rings is 2. The third-order valence-corrected chi connectivity index (χ3v) is 5.05. The SMILES string of the molecule is CSC(=S)C1=C(c2ccccc2)NC(=O)NC1c1ccc(F)cc1. The molecule has 1 aliphatic rings. The van der Waals surface area contributed by atoms with Crippen molar-refractivity contribution in [1.29, 1.82) is 0 Å². The molecular formula is C18H15FN2OS2. The number of hydrogen-bond donors (Lipinski definition) is 2. The molecule has 6 heteroatoms.